The number of anilines is 1. The molecule has 0 aromatic carbocycles. The fourth-order valence-corrected chi connectivity index (χ4v) is 3.63. The monoisotopic (exact) mass is 323 g/mol. The van der Waals surface area contributed by atoms with Crippen LogP contribution in [0.1, 0.15) is 19.8 Å². The van der Waals surface area contributed by atoms with Crippen LogP contribution in [0.15, 0.2) is 30.7 Å². The van der Waals surface area contributed by atoms with Gasteiger partial charge in [-0.05, 0) is 31.9 Å². The molecule has 6 nitrogen and oxygen atoms in total. The first-order valence-electron chi connectivity index (χ1n) is 8.51. The van der Waals surface area contributed by atoms with Gasteiger partial charge in [-0.2, -0.15) is 0 Å². The molecular formula is C18H21N5O. The van der Waals surface area contributed by atoms with Gasteiger partial charge in [0.2, 0.25) is 5.91 Å². The van der Waals surface area contributed by atoms with Crippen LogP contribution < -0.4 is 10.2 Å². The zero-order valence-corrected chi connectivity index (χ0v) is 13.7. The van der Waals surface area contributed by atoms with Gasteiger partial charge in [-0.1, -0.05) is 0 Å². The number of nitrogens with zero attached hydrogens (tertiary/aromatic N) is 3. The molecule has 4 heterocycles. The van der Waals surface area contributed by atoms with E-state index in [1.54, 1.807) is 6.20 Å². The lowest BCUT2D eigenvalue weighted by Gasteiger charge is -2.34. The highest BCUT2D eigenvalue weighted by molar-refractivity contribution is 6.10. The van der Waals surface area contributed by atoms with E-state index < -0.39 is 0 Å². The van der Waals surface area contributed by atoms with E-state index in [0.717, 1.165) is 53.6 Å². The molecule has 124 valence electrons. The summed E-state index contributed by atoms with van der Waals surface area (Å²) in [5.41, 5.74) is 2.91. The number of carbonyl (C=O) groups excluding carboxylic acids is 1. The van der Waals surface area contributed by atoms with Crippen LogP contribution >= 0.6 is 0 Å². The Morgan fingerprint density at radius 3 is 3.21 bits per heavy atom. The third-order valence-corrected chi connectivity index (χ3v) is 4.75. The van der Waals surface area contributed by atoms with Crippen molar-refractivity contribution in [1.82, 2.24) is 20.3 Å². The van der Waals surface area contributed by atoms with E-state index >= 15 is 0 Å². The van der Waals surface area contributed by atoms with Crippen LogP contribution in [0.5, 0.6) is 0 Å². The molecule has 1 fully saturated rings. The molecule has 2 N–H and O–H groups in total. The quantitative estimate of drug-likeness (QED) is 0.776. The number of aromatic nitrogens is 3. The van der Waals surface area contributed by atoms with Crippen molar-refractivity contribution in [1.29, 1.82) is 0 Å². The summed E-state index contributed by atoms with van der Waals surface area (Å²) in [7, 11) is 0. The number of hydrogen-bond donors (Lipinski definition) is 2. The molecule has 1 atom stereocenters. The average molecular weight is 323 g/mol. The Morgan fingerprint density at radius 1 is 1.42 bits per heavy atom. The minimum atomic E-state index is 0.0491. The van der Waals surface area contributed by atoms with Gasteiger partial charge >= 0.3 is 0 Å². The molecule has 1 amide bonds. The fourth-order valence-electron chi connectivity index (χ4n) is 3.63. The fraction of sp³-hybridized carbons (Fsp3) is 0.389. The first kappa shape index (κ1) is 14.9. The Bertz CT molecular complexity index is 887. The third-order valence-electron chi connectivity index (χ3n) is 4.75. The Labute approximate surface area is 140 Å². The van der Waals surface area contributed by atoms with Gasteiger partial charge in [-0.25, -0.2) is 9.97 Å². The summed E-state index contributed by atoms with van der Waals surface area (Å²) in [5.74, 6) is 0.212. The Balaban J connectivity index is 1.75. The van der Waals surface area contributed by atoms with Gasteiger partial charge in [0.05, 0.1) is 17.6 Å². The minimum Gasteiger partial charge on any atom is -0.370 e. The summed E-state index contributed by atoms with van der Waals surface area (Å²) in [6.45, 7) is 4.37. The summed E-state index contributed by atoms with van der Waals surface area (Å²) in [5, 5.41) is 5.15. The summed E-state index contributed by atoms with van der Waals surface area (Å²) >= 11 is 0. The first-order chi connectivity index (χ1) is 11.8. The Kier molecular flexibility index (Phi) is 3.80. The lowest BCUT2D eigenvalue weighted by atomic mass is 9.96. The summed E-state index contributed by atoms with van der Waals surface area (Å²) < 4.78 is 0. The first-order valence-corrected chi connectivity index (χ1v) is 8.51. The second-order valence-corrected chi connectivity index (χ2v) is 6.27. The topological polar surface area (TPSA) is 73.9 Å². The van der Waals surface area contributed by atoms with Crippen LogP contribution in [0, 0.1) is 5.92 Å². The molecule has 0 aliphatic carbocycles. The molecule has 1 unspecified atom stereocenters. The summed E-state index contributed by atoms with van der Waals surface area (Å²) in [4.78, 5) is 26.6. The second kappa shape index (κ2) is 6.11. The van der Waals surface area contributed by atoms with Gasteiger partial charge in [-0.15, -0.1) is 0 Å². The van der Waals surface area contributed by atoms with Crippen LogP contribution in [-0.2, 0) is 4.79 Å². The summed E-state index contributed by atoms with van der Waals surface area (Å²) in [6.07, 6.45) is 7.54. The number of fused-ring (bicyclic) bond motifs is 3. The molecular weight excluding hydrogens is 302 g/mol. The normalized spacial score (nSPS) is 18.2. The zero-order chi connectivity index (χ0) is 16.5. The highest BCUT2D eigenvalue weighted by atomic mass is 16.1. The maximum absolute atomic E-state index is 12.2. The van der Waals surface area contributed by atoms with E-state index in [1.807, 2.05) is 25.4 Å². The highest BCUT2D eigenvalue weighted by Gasteiger charge is 2.26. The number of aromatic amines is 1. The molecule has 1 saturated heterocycles. The van der Waals surface area contributed by atoms with Crippen molar-refractivity contribution in [2.45, 2.75) is 19.8 Å². The SMILES string of the molecule is CCNC(=O)C1CCCN(c2cc[nH]c3cnc4nccc4c23)C1. The van der Waals surface area contributed by atoms with Gasteiger partial charge in [0.25, 0.3) is 0 Å². The van der Waals surface area contributed by atoms with E-state index in [-0.39, 0.29) is 11.8 Å². The van der Waals surface area contributed by atoms with Gasteiger partial charge in [0, 0.05) is 48.5 Å². The number of nitrogens with one attached hydrogen (secondary N) is 2. The third kappa shape index (κ3) is 2.48. The highest BCUT2D eigenvalue weighted by Crippen LogP contribution is 2.33. The van der Waals surface area contributed by atoms with Gasteiger partial charge in [-0.3, -0.25) is 4.79 Å². The smallest absolute Gasteiger partial charge is 0.224 e. The maximum Gasteiger partial charge on any atom is 0.224 e. The van der Waals surface area contributed by atoms with Gasteiger partial charge in [0.15, 0.2) is 5.65 Å². The van der Waals surface area contributed by atoms with Crippen molar-refractivity contribution < 1.29 is 4.79 Å². The Hall–Kier alpha value is -2.63. The van der Waals surface area contributed by atoms with E-state index in [2.05, 4.69) is 31.2 Å². The lowest BCUT2D eigenvalue weighted by Crippen LogP contribution is -2.43. The van der Waals surface area contributed by atoms with Crippen molar-refractivity contribution >= 4 is 33.5 Å². The number of carbonyl (C=O) groups is 1. The molecule has 3 aromatic heterocycles. The molecule has 0 saturated carbocycles. The van der Waals surface area contributed by atoms with Crippen LogP contribution in [0.4, 0.5) is 5.69 Å². The van der Waals surface area contributed by atoms with E-state index in [9.17, 15) is 4.79 Å². The molecule has 4 rings (SSSR count). The van der Waals surface area contributed by atoms with Gasteiger partial charge < -0.3 is 15.2 Å². The van der Waals surface area contributed by atoms with Crippen LogP contribution in [0.2, 0.25) is 0 Å². The van der Waals surface area contributed by atoms with Crippen LogP contribution in [0.3, 0.4) is 0 Å². The largest absolute Gasteiger partial charge is 0.370 e. The van der Waals surface area contributed by atoms with Crippen molar-refractivity contribution in [3.8, 4) is 0 Å². The predicted octanol–water partition coefficient (Wildman–Crippen LogP) is 2.46. The van der Waals surface area contributed by atoms with E-state index in [1.165, 1.54) is 0 Å². The maximum atomic E-state index is 12.2. The number of piperidine rings is 1. The number of rotatable bonds is 3. The van der Waals surface area contributed by atoms with Gasteiger partial charge in [0.1, 0.15) is 0 Å². The molecule has 0 bridgehead atoms. The predicted molar refractivity (Wildman–Crippen MR) is 95.0 cm³/mol. The molecule has 3 aromatic rings. The van der Waals surface area contributed by atoms with Crippen molar-refractivity contribution in [3.63, 3.8) is 0 Å². The van der Waals surface area contributed by atoms with Crippen molar-refractivity contribution in [2.24, 2.45) is 5.92 Å². The van der Waals surface area contributed by atoms with Crippen LogP contribution in [0.25, 0.3) is 21.9 Å². The average Bonchev–Trinajstić information content (AvgIpc) is 3.10. The molecule has 24 heavy (non-hydrogen) atoms. The lowest BCUT2D eigenvalue weighted by molar-refractivity contribution is -0.125. The second-order valence-electron chi connectivity index (χ2n) is 6.27. The molecule has 6 heteroatoms. The molecule has 1 aliphatic heterocycles. The van der Waals surface area contributed by atoms with Crippen molar-refractivity contribution in [2.75, 3.05) is 24.5 Å². The standard InChI is InChI=1S/C18H21N5O/c1-2-19-18(24)12-4-3-9-23(11-12)15-6-8-20-14-10-22-17-13(16(14)15)5-7-21-17/h5-8,10,12,20H,2-4,9,11H2,1H3,(H,19,24). The van der Waals surface area contributed by atoms with E-state index in [4.69, 9.17) is 0 Å². The minimum absolute atomic E-state index is 0.0491. The summed E-state index contributed by atoms with van der Waals surface area (Å²) in [6, 6.07) is 4.10. The number of pyridine rings is 2. The number of hydrogen-bond acceptors (Lipinski definition) is 4. The molecule has 0 radical (unpaired) electrons. The number of H-pyrrole nitrogens is 1. The van der Waals surface area contributed by atoms with Crippen LogP contribution in [-0.4, -0.2) is 40.5 Å². The van der Waals surface area contributed by atoms with Crippen molar-refractivity contribution in [3.05, 3.63) is 30.7 Å². The molecule has 0 spiro atoms. The Morgan fingerprint density at radius 2 is 2.33 bits per heavy atom. The van der Waals surface area contributed by atoms with E-state index in [0.29, 0.717) is 6.54 Å². The number of amides is 1. The zero-order valence-electron chi connectivity index (χ0n) is 13.7. The molecule has 1 aliphatic rings.